The summed E-state index contributed by atoms with van der Waals surface area (Å²) in [6.45, 7) is 0. The van der Waals surface area contributed by atoms with Crippen molar-refractivity contribution < 1.29 is 17.9 Å². The number of rotatable bonds is 1. The molecule has 19 heavy (non-hydrogen) atoms. The van der Waals surface area contributed by atoms with Crippen molar-refractivity contribution in [1.29, 1.82) is 0 Å². The fourth-order valence-electron chi connectivity index (χ4n) is 2.08. The molecular formula is C13H8BrF3OS. The monoisotopic (exact) mass is 348 g/mol. The van der Waals surface area contributed by atoms with Crippen LogP contribution in [0, 0.1) is 0 Å². The fraction of sp³-hybridized carbons (Fsp3) is 0.231. The topological polar surface area (TPSA) is 9.23 Å². The first-order valence-electron chi connectivity index (χ1n) is 5.54. The van der Waals surface area contributed by atoms with Gasteiger partial charge in [-0.05, 0) is 45.8 Å². The first-order valence-corrected chi connectivity index (χ1v) is 7.21. The van der Waals surface area contributed by atoms with Gasteiger partial charge in [-0.15, -0.1) is 11.3 Å². The SMILES string of the molecule is FC(F)(F)c1ccc2c(c1)CC(c1cc(Br)cs1)O2. The molecule has 0 N–H and O–H groups in total. The van der Waals surface area contributed by atoms with E-state index in [0.717, 1.165) is 15.4 Å². The van der Waals surface area contributed by atoms with Crippen LogP contribution in [-0.4, -0.2) is 0 Å². The van der Waals surface area contributed by atoms with Crippen LogP contribution in [0.15, 0.2) is 34.1 Å². The van der Waals surface area contributed by atoms with Gasteiger partial charge in [0.25, 0.3) is 0 Å². The van der Waals surface area contributed by atoms with E-state index in [2.05, 4.69) is 15.9 Å². The quantitative estimate of drug-likeness (QED) is 0.687. The predicted octanol–water partition coefficient (Wildman–Crippen LogP) is 5.21. The highest BCUT2D eigenvalue weighted by atomic mass is 79.9. The van der Waals surface area contributed by atoms with Gasteiger partial charge < -0.3 is 4.74 Å². The second-order valence-electron chi connectivity index (χ2n) is 4.30. The lowest BCUT2D eigenvalue weighted by atomic mass is 10.1. The number of hydrogen-bond acceptors (Lipinski definition) is 2. The summed E-state index contributed by atoms with van der Waals surface area (Å²) in [4.78, 5) is 1.01. The summed E-state index contributed by atoms with van der Waals surface area (Å²) < 4.78 is 44.6. The molecule has 1 nitrogen and oxygen atoms in total. The molecule has 1 aromatic carbocycles. The summed E-state index contributed by atoms with van der Waals surface area (Å²) in [6.07, 6.45) is -4.01. The molecule has 100 valence electrons. The summed E-state index contributed by atoms with van der Waals surface area (Å²) in [7, 11) is 0. The van der Waals surface area contributed by atoms with E-state index >= 15 is 0 Å². The van der Waals surface area contributed by atoms with Gasteiger partial charge >= 0.3 is 6.18 Å². The van der Waals surface area contributed by atoms with Crippen molar-refractivity contribution in [2.75, 3.05) is 0 Å². The molecule has 0 saturated carbocycles. The molecule has 0 amide bonds. The third-order valence-electron chi connectivity index (χ3n) is 2.97. The third kappa shape index (κ3) is 2.51. The third-order valence-corrected chi connectivity index (χ3v) is 4.75. The first-order chi connectivity index (χ1) is 8.93. The number of halogens is 4. The van der Waals surface area contributed by atoms with Crippen LogP contribution < -0.4 is 4.74 Å². The van der Waals surface area contributed by atoms with E-state index in [4.69, 9.17) is 4.74 Å². The maximum atomic E-state index is 12.6. The normalized spacial score (nSPS) is 18.2. The minimum absolute atomic E-state index is 0.185. The van der Waals surface area contributed by atoms with Crippen molar-refractivity contribution in [3.63, 3.8) is 0 Å². The molecule has 0 aliphatic carbocycles. The number of fused-ring (bicyclic) bond motifs is 1. The lowest BCUT2D eigenvalue weighted by Gasteiger charge is -2.08. The first kappa shape index (κ1) is 13.0. The van der Waals surface area contributed by atoms with Gasteiger partial charge in [-0.2, -0.15) is 13.2 Å². The van der Waals surface area contributed by atoms with Crippen molar-refractivity contribution in [1.82, 2.24) is 0 Å². The molecule has 1 aliphatic heterocycles. The highest BCUT2D eigenvalue weighted by Crippen LogP contribution is 2.41. The van der Waals surface area contributed by atoms with Crippen molar-refractivity contribution in [2.45, 2.75) is 18.7 Å². The van der Waals surface area contributed by atoms with Crippen LogP contribution in [-0.2, 0) is 12.6 Å². The molecule has 0 radical (unpaired) electrons. The zero-order valence-electron chi connectivity index (χ0n) is 9.50. The maximum Gasteiger partial charge on any atom is 0.416 e. The molecule has 0 spiro atoms. The Labute approximate surface area is 120 Å². The average molecular weight is 349 g/mol. The van der Waals surface area contributed by atoms with E-state index in [1.54, 1.807) is 0 Å². The van der Waals surface area contributed by atoms with E-state index in [-0.39, 0.29) is 6.10 Å². The molecule has 6 heteroatoms. The molecule has 0 bridgehead atoms. The van der Waals surface area contributed by atoms with Crippen LogP contribution in [0.25, 0.3) is 0 Å². The van der Waals surface area contributed by atoms with E-state index < -0.39 is 11.7 Å². The summed E-state index contributed by atoms with van der Waals surface area (Å²) >= 11 is 4.89. The molecule has 2 heterocycles. The van der Waals surface area contributed by atoms with Crippen molar-refractivity contribution >= 4 is 27.3 Å². The summed E-state index contributed by atoms with van der Waals surface area (Å²) in [5, 5.41) is 1.93. The molecule has 2 aromatic rings. The summed E-state index contributed by atoms with van der Waals surface area (Å²) in [6, 6.07) is 5.58. The Kier molecular flexibility index (Phi) is 3.09. The van der Waals surface area contributed by atoms with Gasteiger partial charge in [0.1, 0.15) is 11.9 Å². The maximum absolute atomic E-state index is 12.6. The van der Waals surface area contributed by atoms with Gasteiger partial charge in [-0.1, -0.05) is 0 Å². The van der Waals surface area contributed by atoms with Gasteiger partial charge in [0.05, 0.1) is 5.56 Å². The second-order valence-corrected chi connectivity index (χ2v) is 6.16. The number of benzene rings is 1. The van der Waals surface area contributed by atoms with Crippen LogP contribution in [0.4, 0.5) is 13.2 Å². The Hall–Kier alpha value is -1.01. The zero-order valence-corrected chi connectivity index (χ0v) is 11.9. The Bertz CT molecular complexity index is 621. The molecule has 0 saturated heterocycles. The van der Waals surface area contributed by atoms with Crippen molar-refractivity contribution in [3.8, 4) is 5.75 Å². The number of alkyl halides is 3. The standard InChI is InChI=1S/C13H8BrF3OS/c14-9-5-12(19-6-9)11-4-7-3-8(13(15,16)17)1-2-10(7)18-11/h1-3,5-6,11H,4H2. The predicted molar refractivity (Wildman–Crippen MR) is 70.5 cm³/mol. The molecule has 1 aromatic heterocycles. The van der Waals surface area contributed by atoms with Crippen LogP contribution in [0.3, 0.4) is 0 Å². The highest BCUT2D eigenvalue weighted by Gasteiger charge is 2.33. The smallest absolute Gasteiger partial charge is 0.416 e. The molecule has 3 rings (SSSR count). The van der Waals surface area contributed by atoms with Gasteiger partial charge in [0.15, 0.2) is 0 Å². The summed E-state index contributed by atoms with van der Waals surface area (Å²) in [5.74, 6) is 0.544. The second kappa shape index (κ2) is 4.52. The van der Waals surface area contributed by atoms with Crippen LogP contribution in [0.5, 0.6) is 5.75 Å². The number of hydrogen-bond donors (Lipinski definition) is 0. The van der Waals surface area contributed by atoms with Crippen molar-refractivity contribution in [2.24, 2.45) is 0 Å². The molecule has 0 fully saturated rings. The van der Waals surface area contributed by atoms with Gasteiger partial charge in [-0.25, -0.2) is 0 Å². The van der Waals surface area contributed by atoms with E-state index in [9.17, 15) is 13.2 Å². The summed E-state index contributed by atoms with van der Waals surface area (Å²) in [5.41, 5.74) is -0.00722. The Morgan fingerprint density at radius 3 is 2.68 bits per heavy atom. The lowest BCUT2D eigenvalue weighted by Crippen LogP contribution is -2.04. The minimum Gasteiger partial charge on any atom is -0.484 e. The van der Waals surface area contributed by atoms with Gasteiger partial charge in [0, 0.05) is 21.2 Å². The largest absolute Gasteiger partial charge is 0.484 e. The molecule has 1 aliphatic rings. The van der Waals surface area contributed by atoms with Gasteiger partial charge in [-0.3, -0.25) is 0 Å². The fourth-order valence-corrected chi connectivity index (χ4v) is 3.55. The van der Waals surface area contributed by atoms with Crippen LogP contribution in [0.1, 0.15) is 22.1 Å². The molecule has 1 unspecified atom stereocenters. The Morgan fingerprint density at radius 2 is 2.05 bits per heavy atom. The molecule has 1 atom stereocenters. The van der Waals surface area contributed by atoms with Crippen LogP contribution in [0.2, 0.25) is 0 Å². The zero-order chi connectivity index (χ0) is 13.6. The van der Waals surface area contributed by atoms with E-state index in [0.29, 0.717) is 17.7 Å². The number of ether oxygens (including phenoxy) is 1. The Balaban J connectivity index is 1.88. The Morgan fingerprint density at radius 1 is 1.26 bits per heavy atom. The molecular weight excluding hydrogens is 341 g/mol. The minimum atomic E-state index is -4.31. The van der Waals surface area contributed by atoms with E-state index in [1.807, 2.05) is 11.4 Å². The van der Waals surface area contributed by atoms with Crippen molar-refractivity contribution in [3.05, 3.63) is 50.1 Å². The average Bonchev–Trinajstić information content (AvgIpc) is 2.92. The van der Waals surface area contributed by atoms with Gasteiger partial charge in [0.2, 0.25) is 0 Å². The van der Waals surface area contributed by atoms with Crippen LogP contribution >= 0.6 is 27.3 Å². The lowest BCUT2D eigenvalue weighted by molar-refractivity contribution is -0.137. The number of thiophene rings is 1. The van der Waals surface area contributed by atoms with E-state index in [1.165, 1.54) is 23.5 Å². The highest BCUT2D eigenvalue weighted by molar-refractivity contribution is 9.10.